The molecule has 1 aromatic carbocycles. The van der Waals surface area contributed by atoms with Crippen molar-refractivity contribution < 1.29 is 14.3 Å². The van der Waals surface area contributed by atoms with Crippen LogP contribution < -0.4 is 14.4 Å². The number of piperazine rings is 1. The summed E-state index contributed by atoms with van der Waals surface area (Å²) in [6.07, 6.45) is 5.96. The average Bonchev–Trinajstić information content (AvgIpc) is 3.29. The van der Waals surface area contributed by atoms with Gasteiger partial charge in [0.25, 0.3) is 0 Å². The van der Waals surface area contributed by atoms with Crippen molar-refractivity contribution in [2.75, 3.05) is 31.6 Å². The van der Waals surface area contributed by atoms with E-state index in [-0.39, 0.29) is 12.0 Å². The Kier molecular flexibility index (Phi) is 5.83. The van der Waals surface area contributed by atoms with E-state index in [0.717, 1.165) is 38.3 Å². The lowest BCUT2D eigenvalue weighted by Crippen LogP contribution is -2.55. The first-order valence-electron chi connectivity index (χ1n) is 10.3. The van der Waals surface area contributed by atoms with E-state index in [4.69, 9.17) is 9.47 Å². The van der Waals surface area contributed by atoms with Gasteiger partial charge >= 0.3 is 0 Å². The maximum Gasteiger partial charge on any atom is 0.226 e. The third-order valence-electron chi connectivity index (χ3n) is 5.85. The topological polar surface area (TPSA) is 67.8 Å². The molecule has 154 valence electrons. The highest BCUT2D eigenvalue weighted by Crippen LogP contribution is 2.32. The van der Waals surface area contributed by atoms with Crippen molar-refractivity contribution in [3.05, 3.63) is 36.7 Å². The number of benzene rings is 1. The predicted octanol–water partition coefficient (Wildman–Crippen LogP) is 3.50. The second-order valence-corrected chi connectivity index (χ2v) is 7.78. The Labute approximate surface area is 171 Å². The van der Waals surface area contributed by atoms with Crippen molar-refractivity contribution in [1.29, 1.82) is 0 Å². The smallest absolute Gasteiger partial charge is 0.226 e. The number of hydrogen-bond donors (Lipinski definition) is 0. The van der Waals surface area contributed by atoms with Crippen LogP contribution in [0.3, 0.4) is 0 Å². The molecule has 29 heavy (non-hydrogen) atoms. The second kappa shape index (κ2) is 8.68. The van der Waals surface area contributed by atoms with Crippen LogP contribution >= 0.6 is 0 Å². The molecule has 1 aliphatic heterocycles. The van der Waals surface area contributed by atoms with E-state index in [0.29, 0.717) is 23.3 Å². The van der Waals surface area contributed by atoms with Crippen LogP contribution in [0.25, 0.3) is 0 Å². The number of anilines is 1. The summed E-state index contributed by atoms with van der Waals surface area (Å²) in [5.41, 5.74) is 0. The van der Waals surface area contributed by atoms with Gasteiger partial charge < -0.3 is 19.3 Å². The van der Waals surface area contributed by atoms with Crippen LogP contribution in [0.15, 0.2) is 36.7 Å². The highest BCUT2D eigenvalue weighted by molar-refractivity contribution is 5.79. The van der Waals surface area contributed by atoms with E-state index < -0.39 is 0 Å². The van der Waals surface area contributed by atoms with Gasteiger partial charge in [-0.25, -0.2) is 9.97 Å². The van der Waals surface area contributed by atoms with Gasteiger partial charge in [-0.15, -0.1) is 0 Å². The molecule has 7 nitrogen and oxygen atoms in total. The number of amides is 1. The van der Waals surface area contributed by atoms with Crippen LogP contribution in [0.2, 0.25) is 0 Å². The number of methoxy groups -OCH3 is 1. The molecule has 0 radical (unpaired) electrons. The van der Waals surface area contributed by atoms with Gasteiger partial charge in [-0.3, -0.25) is 4.79 Å². The lowest BCUT2D eigenvalue weighted by molar-refractivity contribution is -0.137. The fraction of sp³-hybridized carbons (Fsp3) is 0.500. The molecule has 0 bridgehead atoms. The minimum Gasteiger partial charge on any atom is -0.493 e. The van der Waals surface area contributed by atoms with Crippen LogP contribution in [0.1, 0.15) is 32.6 Å². The molecule has 1 aliphatic carbocycles. The number of para-hydroxylation sites is 2. The molecule has 1 saturated heterocycles. The molecule has 0 unspecified atom stereocenters. The fourth-order valence-electron chi connectivity index (χ4n) is 4.27. The molecule has 2 fully saturated rings. The van der Waals surface area contributed by atoms with Crippen LogP contribution in [0.5, 0.6) is 17.4 Å². The molecule has 4 rings (SSSR count). The quantitative estimate of drug-likeness (QED) is 0.771. The second-order valence-electron chi connectivity index (χ2n) is 7.78. The molecule has 2 aromatic rings. The summed E-state index contributed by atoms with van der Waals surface area (Å²) in [6, 6.07) is 9.47. The van der Waals surface area contributed by atoms with Gasteiger partial charge in [0.05, 0.1) is 7.11 Å². The maximum absolute atomic E-state index is 12.8. The summed E-state index contributed by atoms with van der Waals surface area (Å²) in [7, 11) is 1.61. The van der Waals surface area contributed by atoms with Crippen molar-refractivity contribution >= 4 is 11.7 Å². The number of aromatic nitrogens is 2. The standard InChI is InChI=1S/C22H28N4O3/c1-16-14-25(11-12-26(16)22(27)17-7-3-4-8-17)20-13-21(24-15-23-20)29-19-10-6-5-9-18(19)28-2/h5-6,9-10,13,15-17H,3-4,7-8,11-12,14H2,1-2H3/t16-/m1/s1. The Morgan fingerprint density at radius 1 is 1.10 bits per heavy atom. The third kappa shape index (κ3) is 4.28. The predicted molar refractivity (Wildman–Crippen MR) is 110 cm³/mol. The van der Waals surface area contributed by atoms with Crippen LogP contribution in [0, 0.1) is 5.92 Å². The summed E-state index contributed by atoms with van der Waals surface area (Å²) in [6.45, 7) is 4.35. The molecule has 2 aliphatic rings. The summed E-state index contributed by atoms with van der Waals surface area (Å²) < 4.78 is 11.3. The number of hydrogen-bond acceptors (Lipinski definition) is 6. The largest absolute Gasteiger partial charge is 0.493 e. The normalized spacial score (nSPS) is 20.0. The average molecular weight is 396 g/mol. The monoisotopic (exact) mass is 396 g/mol. The van der Waals surface area contributed by atoms with Crippen LogP contribution in [-0.4, -0.2) is 53.6 Å². The van der Waals surface area contributed by atoms with Crippen LogP contribution in [0.4, 0.5) is 5.82 Å². The van der Waals surface area contributed by atoms with Gasteiger partial charge in [-0.05, 0) is 31.9 Å². The SMILES string of the molecule is COc1ccccc1Oc1cc(N2CCN(C(=O)C3CCCC3)[C@H](C)C2)ncn1. The minimum absolute atomic E-state index is 0.158. The molecule has 0 spiro atoms. The van der Waals surface area contributed by atoms with E-state index >= 15 is 0 Å². The summed E-state index contributed by atoms with van der Waals surface area (Å²) >= 11 is 0. The van der Waals surface area contributed by atoms with Gasteiger partial charge in [0.15, 0.2) is 11.5 Å². The van der Waals surface area contributed by atoms with E-state index in [9.17, 15) is 4.79 Å². The van der Waals surface area contributed by atoms with Gasteiger partial charge in [0.1, 0.15) is 12.1 Å². The third-order valence-corrected chi connectivity index (χ3v) is 5.85. The van der Waals surface area contributed by atoms with Gasteiger partial charge in [0.2, 0.25) is 11.8 Å². The van der Waals surface area contributed by atoms with E-state index in [1.165, 1.54) is 19.2 Å². The molecule has 0 N–H and O–H groups in total. The first-order chi connectivity index (χ1) is 14.2. The highest BCUT2D eigenvalue weighted by atomic mass is 16.5. The Morgan fingerprint density at radius 2 is 1.86 bits per heavy atom. The molecule has 1 atom stereocenters. The van der Waals surface area contributed by atoms with E-state index in [1.54, 1.807) is 7.11 Å². The molecule has 2 heterocycles. The Morgan fingerprint density at radius 3 is 2.59 bits per heavy atom. The lowest BCUT2D eigenvalue weighted by atomic mass is 10.0. The highest BCUT2D eigenvalue weighted by Gasteiger charge is 2.33. The number of nitrogens with zero attached hydrogens (tertiary/aromatic N) is 4. The van der Waals surface area contributed by atoms with Crippen molar-refractivity contribution in [2.45, 2.75) is 38.6 Å². The molecular formula is C22H28N4O3. The zero-order valence-electron chi connectivity index (χ0n) is 17.1. The van der Waals surface area contributed by atoms with Gasteiger partial charge in [0, 0.05) is 37.7 Å². The molecule has 1 aromatic heterocycles. The fourth-order valence-corrected chi connectivity index (χ4v) is 4.27. The molecular weight excluding hydrogens is 368 g/mol. The summed E-state index contributed by atoms with van der Waals surface area (Å²) in [4.78, 5) is 25.7. The maximum atomic E-state index is 12.8. The zero-order chi connectivity index (χ0) is 20.2. The lowest BCUT2D eigenvalue weighted by Gasteiger charge is -2.41. The van der Waals surface area contributed by atoms with E-state index in [1.807, 2.05) is 30.3 Å². The van der Waals surface area contributed by atoms with E-state index in [2.05, 4.69) is 26.7 Å². The number of carbonyl (C=O) groups excluding carboxylic acids is 1. The number of carbonyl (C=O) groups is 1. The zero-order valence-corrected chi connectivity index (χ0v) is 17.1. The first kappa shape index (κ1) is 19.5. The molecule has 1 amide bonds. The molecule has 1 saturated carbocycles. The number of rotatable bonds is 5. The van der Waals surface area contributed by atoms with Gasteiger partial charge in [-0.2, -0.15) is 0 Å². The van der Waals surface area contributed by atoms with Crippen molar-refractivity contribution in [2.24, 2.45) is 5.92 Å². The van der Waals surface area contributed by atoms with Crippen LogP contribution in [-0.2, 0) is 4.79 Å². The first-order valence-corrected chi connectivity index (χ1v) is 10.3. The Balaban J connectivity index is 1.43. The molecule has 7 heteroatoms. The summed E-state index contributed by atoms with van der Waals surface area (Å²) in [5.74, 6) is 3.10. The Hall–Kier alpha value is -2.83. The van der Waals surface area contributed by atoms with Crippen molar-refractivity contribution in [1.82, 2.24) is 14.9 Å². The summed E-state index contributed by atoms with van der Waals surface area (Å²) in [5, 5.41) is 0. The van der Waals surface area contributed by atoms with Crippen molar-refractivity contribution in [3.63, 3.8) is 0 Å². The van der Waals surface area contributed by atoms with Crippen molar-refractivity contribution in [3.8, 4) is 17.4 Å². The van der Waals surface area contributed by atoms with Gasteiger partial charge in [-0.1, -0.05) is 25.0 Å². The number of ether oxygens (including phenoxy) is 2. The minimum atomic E-state index is 0.158. The Bertz CT molecular complexity index is 853.